The van der Waals surface area contributed by atoms with Crippen LogP contribution in [0.4, 0.5) is 15.8 Å². The predicted octanol–water partition coefficient (Wildman–Crippen LogP) is 3.43. The molecule has 6 heteroatoms. The van der Waals surface area contributed by atoms with Gasteiger partial charge in [-0.1, -0.05) is 0 Å². The van der Waals surface area contributed by atoms with Crippen molar-refractivity contribution in [3.8, 4) is 5.75 Å². The molecule has 0 aliphatic rings. The van der Waals surface area contributed by atoms with Crippen LogP contribution in [0.5, 0.6) is 5.75 Å². The third kappa shape index (κ3) is 3.08. The summed E-state index contributed by atoms with van der Waals surface area (Å²) in [6.45, 7) is 0. The predicted molar refractivity (Wildman–Crippen MR) is 79.5 cm³/mol. The molecule has 0 aliphatic carbocycles. The summed E-state index contributed by atoms with van der Waals surface area (Å²) in [4.78, 5) is 12.1. The van der Waals surface area contributed by atoms with E-state index in [-0.39, 0.29) is 5.91 Å². The molecular formula is C14H12BrFN2O2. The minimum atomic E-state index is -0.432. The molecule has 1 amide bonds. The number of hydrogen-bond donors (Lipinski definition) is 2. The van der Waals surface area contributed by atoms with Crippen molar-refractivity contribution in [2.24, 2.45) is 0 Å². The van der Waals surface area contributed by atoms with Crippen LogP contribution in [0.25, 0.3) is 0 Å². The molecular weight excluding hydrogens is 327 g/mol. The number of nitrogen functional groups attached to an aromatic ring is 1. The fraction of sp³-hybridized carbons (Fsp3) is 0.0714. The van der Waals surface area contributed by atoms with Gasteiger partial charge >= 0.3 is 0 Å². The minimum absolute atomic E-state index is 0.353. The quantitative estimate of drug-likeness (QED) is 0.842. The monoisotopic (exact) mass is 338 g/mol. The molecule has 2 aromatic rings. The van der Waals surface area contributed by atoms with Gasteiger partial charge < -0.3 is 15.8 Å². The van der Waals surface area contributed by atoms with E-state index in [2.05, 4.69) is 21.2 Å². The van der Waals surface area contributed by atoms with Crippen LogP contribution in [-0.2, 0) is 0 Å². The minimum Gasteiger partial charge on any atom is -0.495 e. The van der Waals surface area contributed by atoms with Gasteiger partial charge in [-0.2, -0.15) is 0 Å². The van der Waals surface area contributed by atoms with E-state index < -0.39 is 5.82 Å². The maximum absolute atomic E-state index is 13.2. The first kappa shape index (κ1) is 14.3. The van der Waals surface area contributed by atoms with Crippen molar-refractivity contribution < 1.29 is 13.9 Å². The van der Waals surface area contributed by atoms with Crippen LogP contribution in [0.1, 0.15) is 10.4 Å². The number of carbonyl (C=O) groups excluding carboxylic acids is 1. The summed E-state index contributed by atoms with van der Waals surface area (Å²) in [5, 5.41) is 2.62. The van der Waals surface area contributed by atoms with Crippen molar-refractivity contribution in [2.75, 3.05) is 18.2 Å². The van der Waals surface area contributed by atoms with Crippen LogP contribution >= 0.6 is 15.9 Å². The van der Waals surface area contributed by atoms with E-state index in [0.717, 1.165) is 0 Å². The number of anilines is 2. The van der Waals surface area contributed by atoms with Gasteiger partial charge in [0.1, 0.15) is 11.6 Å². The molecule has 2 rings (SSSR count). The number of benzene rings is 2. The van der Waals surface area contributed by atoms with Gasteiger partial charge in [0, 0.05) is 10.0 Å². The van der Waals surface area contributed by atoms with Crippen LogP contribution in [-0.4, -0.2) is 13.0 Å². The Bertz CT molecular complexity index is 662. The van der Waals surface area contributed by atoms with Crippen LogP contribution in [0.3, 0.4) is 0 Å². The molecule has 0 aromatic heterocycles. The number of halogens is 2. The van der Waals surface area contributed by atoms with Gasteiger partial charge in [0.25, 0.3) is 5.91 Å². The normalized spacial score (nSPS) is 10.2. The van der Waals surface area contributed by atoms with Crippen molar-refractivity contribution in [1.29, 1.82) is 0 Å². The molecule has 0 fully saturated rings. The van der Waals surface area contributed by atoms with E-state index in [9.17, 15) is 9.18 Å². The van der Waals surface area contributed by atoms with Gasteiger partial charge in [-0.05, 0) is 52.3 Å². The summed E-state index contributed by atoms with van der Waals surface area (Å²) in [6, 6.07) is 8.73. The zero-order valence-corrected chi connectivity index (χ0v) is 12.2. The molecule has 0 saturated carbocycles. The second-order valence-corrected chi connectivity index (χ2v) is 4.89. The molecule has 0 aliphatic heterocycles. The maximum atomic E-state index is 13.2. The van der Waals surface area contributed by atoms with Gasteiger partial charge in [0.2, 0.25) is 0 Å². The van der Waals surface area contributed by atoms with E-state index in [1.165, 1.54) is 31.4 Å². The number of nitrogens with two attached hydrogens (primary N) is 1. The molecule has 0 unspecified atom stereocenters. The Kier molecular flexibility index (Phi) is 4.24. The Hall–Kier alpha value is -2.08. The average Bonchev–Trinajstić information content (AvgIpc) is 2.43. The van der Waals surface area contributed by atoms with Crippen molar-refractivity contribution >= 4 is 33.2 Å². The number of amides is 1. The number of carbonyl (C=O) groups is 1. The molecule has 0 radical (unpaired) electrons. The van der Waals surface area contributed by atoms with Gasteiger partial charge in [-0.3, -0.25) is 4.79 Å². The first-order valence-electron chi connectivity index (χ1n) is 5.71. The van der Waals surface area contributed by atoms with Gasteiger partial charge in [-0.25, -0.2) is 4.39 Å². The average molecular weight is 339 g/mol. The second kappa shape index (κ2) is 5.92. The highest BCUT2D eigenvalue weighted by atomic mass is 79.9. The molecule has 0 saturated heterocycles. The van der Waals surface area contributed by atoms with E-state index in [0.29, 0.717) is 27.2 Å². The Morgan fingerprint density at radius 2 is 2.05 bits per heavy atom. The Morgan fingerprint density at radius 1 is 1.30 bits per heavy atom. The summed E-state index contributed by atoms with van der Waals surface area (Å²) in [5.41, 5.74) is 6.84. The summed E-state index contributed by atoms with van der Waals surface area (Å²) in [6.07, 6.45) is 0. The topological polar surface area (TPSA) is 64.3 Å². The van der Waals surface area contributed by atoms with Crippen LogP contribution < -0.4 is 15.8 Å². The first-order valence-corrected chi connectivity index (χ1v) is 6.50. The zero-order valence-electron chi connectivity index (χ0n) is 10.6. The largest absolute Gasteiger partial charge is 0.495 e. The van der Waals surface area contributed by atoms with E-state index >= 15 is 0 Å². The lowest BCUT2D eigenvalue weighted by atomic mass is 10.1. The summed E-state index contributed by atoms with van der Waals surface area (Å²) in [5.74, 6) is -0.399. The molecule has 0 atom stereocenters. The maximum Gasteiger partial charge on any atom is 0.255 e. The standard InChI is InChI=1S/C14H12BrFN2O2/c1-20-13-6-8(2-5-11(13)17)14(19)18-12-7-9(16)3-4-10(12)15/h2-7H,17H2,1H3,(H,18,19). The van der Waals surface area contributed by atoms with Gasteiger partial charge in [0.15, 0.2) is 0 Å². The lowest BCUT2D eigenvalue weighted by Crippen LogP contribution is -2.12. The lowest BCUT2D eigenvalue weighted by Gasteiger charge is -2.09. The van der Waals surface area contributed by atoms with Crippen LogP contribution in [0, 0.1) is 5.82 Å². The molecule has 4 nitrogen and oxygen atoms in total. The SMILES string of the molecule is COc1cc(C(=O)Nc2cc(F)ccc2Br)ccc1N. The van der Waals surface area contributed by atoms with Crippen molar-refractivity contribution in [1.82, 2.24) is 0 Å². The molecule has 104 valence electrons. The molecule has 0 spiro atoms. The van der Waals surface area contributed by atoms with Crippen LogP contribution in [0.15, 0.2) is 40.9 Å². The van der Waals surface area contributed by atoms with E-state index in [1.807, 2.05) is 0 Å². The fourth-order valence-corrected chi connectivity index (χ4v) is 1.99. The van der Waals surface area contributed by atoms with Crippen molar-refractivity contribution in [2.45, 2.75) is 0 Å². The zero-order chi connectivity index (χ0) is 14.7. The number of ether oxygens (including phenoxy) is 1. The van der Waals surface area contributed by atoms with Crippen LogP contribution in [0.2, 0.25) is 0 Å². The third-order valence-electron chi connectivity index (χ3n) is 2.67. The van der Waals surface area contributed by atoms with Crippen molar-refractivity contribution in [3.63, 3.8) is 0 Å². The fourth-order valence-electron chi connectivity index (χ4n) is 1.64. The number of hydrogen-bond acceptors (Lipinski definition) is 3. The van der Waals surface area contributed by atoms with E-state index in [4.69, 9.17) is 10.5 Å². The Labute approximate surface area is 123 Å². The number of methoxy groups -OCH3 is 1. The summed E-state index contributed by atoms with van der Waals surface area (Å²) < 4.78 is 18.8. The number of rotatable bonds is 3. The van der Waals surface area contributed by atoms with Crippen molar-refractivity contribution in [3.05, 3.63) is 52.3 Å². The Morgan fingerprint density at radius 3 is 2.75 bits per heavy atom. The molecule has 3 N–H and O–H groups in total. The second-order valence-electron chi connectivity index (χ2n) is 4.04. The van der Waals surface area contributed by atoms with E-state index in [1.54, 1.807) is 12.1 Å². The molecule has 2 aromatic carbocycles. The summed E-state index contributed by atoms with van der Waals surface area (Å²) in [7, 11) is 1.47. The lowest BCUT2D eigenvalue weighted by molar-refractivity contribution is 0.102. The first-order chi connectivity index (χ1) is 9.51. The third-order valence-corrected chi connectivity index (χ3v) is 3.36. The molecule has 20 heavy (non-hydrogen) atoms. The molecule has 0 bridgehead atoms. The highest BCUT2D eigenvalue weighted by Gasteiger charge is 2.11. The number of nitrogens with one attached hydrogen (secondary N) is 1. The highest BCUT2D eigenvalue weighted by molar-refractivity contribution is 9.10. The van der Waals surface area contributed by atoms with Gasteiger partial charge in [-0.15, -0.1) is 0 Å². The molecule has 0 heterocycles. The Balaban J connectivity index is 2.26. The summed E-state index contributed by atoms with van der Waals surface area (Å²) >= 11 is 3.25. The smallest absolute Gasteiger partial charge is 0.255 e. The van der Waals surface area contributed by atoms with Gasteiger partial charge in [0.05, 0.1) is 18.5 Å². The highest BCUT2D eigenvalue weighted by Crippen LogP contribution is 2.25.